The largest absolute Gasteiger partial charge is 0.474 e. The van der Waals surface area contributed by atoms with E-state index in [9.17, 15) is 13.2 Å². The molecule has 2 aromatic rings. The van der Waals surface area contributed by atoms with Crippen LogP contribution >= 0.6 is 0 Å². The van der Waals surface area contributed by atoms with Crippen LogP contribution in [0, 0.1) is 0 Å². The van der Waals surface area contributed by atoms with Gasteiger partial charge in [0.05, 0.1) is 17.2 Å². The molecule has 2 rings (SSSR count). The molecule has 0 N–H and O–H groups in total. The van der Waals surface area contributed by atoms with Crippen molar-refractivity contribution in [1.29, 1.82) is 0 Å². The maximum atomic E-state index is 12.5. The van der Waals surface area contributed by atoms with E-state index in [1.165, 1.54) is 12.1 Å². The molecule has 0 saturated carbocycles. The Kier molecular flexibility index (Phi) is 4.14. The van der Waals surface area contributed by atoms with Crippen molar-refractivity contribution in [3.05, 3.63) is 53.3 Å². The summed E-state index contributed by atoms with van der Waals surface area (Å²) in [4.78, 5) is 0. The summed E-state index contributed by atoms with van der Waals surface area (Å²) in [6.45, 7) is 6.57. The zero-order valence-corrected chi connectivity index (χ0v) is 13.2. The first-order valence-corrected chi connectivity index (χ1v) is 10.1. The molecular formula is C16H17F3OSi. The highest BCUT2D eigenvalue weighted by molar-refractivity contribution is 6.87. The second-order valence-electron chi connectivity index (χ2n) is 5.95. The molecular weight excluding hydrogens is 293 g/mol. The van der Waals surface area contributed by atoms with Gasteiger partial charge in [-0.25, -0.2) is 0 Å². The number of hydrogen-bond donors (Lipinski definition) is 0. The molecule has 21 heavy (non-hydrogen) atoms. The SMILES string of the molecule is C[Si](C)(C)c1cc(/C=C/c2ccc(C(F)(F)F)cc2)co1. The molecule has 0 bridgehead atoms. The lowest BCUT2D eigenvalue weighted by Crippen LogP contribution is -2.36. The lowest BCUT2D eigenvalue weighted by Gasteiger charge is -2.10. The summed E-state index contributed by atoms with van der Waals surface area (Å²) in [7, 11) is -1.47. The van der Waals surface area contributed by atoms with E-state index in [1.54, 1.807) is 12.3 Å². The maximum absolute atomic E-state index is 12.5. The third kappa shape index (κ3) is 4.11. The molecule has 1 heterocycles. The molecule has 0 aliphatic rings. The van der Waals surface area contributed by atoms with Crippen LogP contribution in [0.25, 0.3) is 12.2 Å². The first kappa shape index (κ1) is 15.6. The summed E-state index contributed by atoms with van der Waals surface area (Å²) in [6.07, 6.45) is 1.00. The lowest BCUT2D eigenvalue weighted by atomic mass is 10.1. The van der Waals surface area contributed by atoms with Gasteiger partial charge in [0, 0.05) is 5.56 Å². The Morgan fingerprint density at radius 3 is 2.00 bits per heavy atom. The van der Waals surface area contributed by atoms with Crippen LogP contribution < -0.4 is 5.38 Å². The second kappa shape index (κ2) is 5.56. The Morgan fingerprint density at radius 2 is 1.52 bits per heavy atom. The Bertz CT molecular complexity index is 631. The first-order valence-electron chi connectivity index (χ1n) is 6.60. The molecule has 0 spiro atoms. The minimum atomic E-state index is -4.29. The lowest BCUT2D eigenvalue weighted by molar-refractivity contribution is -0.137. The van der Waals surface area contributed by atoms with Crippen molar-refractivity contribution in [3.63, 3.8) is 0 Å². The van der Waals surface area contributed by atoms with Crippen molar-refractivity contribution in [1.82, 2.24) is 0 Å². The van der Waals surface area contributed by atoms with Gasteiger partial charge in [0.1, 0.15) is 8.07 Å². The molecule has 0 amide bonds. The van der Waals surface area contributed by atoms with Gasteiger partial charge in [0.25, 0.3) is 0 Å². The van der Waals surface area contributed by atoms with E-state index in [0.29, 0.717) is 0 Å². The van der Waals surface area contributed by atoms with E-state index in [4.69, 9.17) is 4.42 Å². The maximum Gasteiger partial charge on any atom is 0.416 e. The summed E-state index contributed by atoms with van der Waals surface area (Å²) < 4.78 is 42.9. The summed E-state index contributed by atoms with van der Waals surface area (Å²) in [6, 6.07) is 7.08. The standard InChI is InChI=1S/C16H17F3OSi/c1-21(2,3)15-10-13(11-20-15)5-4-12-6-8-14(9-7-12)16(17,18)19/h4-11H,1-3H3/b5-4+. The van der Waals surface area contributed by atoms with Crippen molar-refractivity contribution >= 4 is 25.6 Å². The highest BCUT2D eigenvalue weighted by Crippen LogP contribution is 2.29. The molecule has 0 atom stereocenters. The van der Waals surface area contributed by atoms with Gasteiger partial charge in [-0.3, -0.25) is 0 Å². The van der Waals surface area contributed by atoms with Gasteiger partial charge in [-0.2, -0.15) is 13.2 Å². The number of alkyl halides is 3. The smallest absolute Gasteiger partial charge is 0.416 e. The molecule has 5 heteroatoms. The fourth-order valence-corrected chi connectivity index (χ4v) is 2.82. The van der Waals surface area contributed by atoms with Crippen LogP contribution in [-0.4, -0.2) is 8.07 Å². The van der Waals surface area contributed by atoms with Gasteiger partial charge in [-0.1, -0.05) is 43.9 Å². The number of hydrogen-bond acceptors (Lipinski definition) is 1. The third-order valence-corrected chi connectivity index (χ3v) is 4.81. The monoisotopic (exact) mass is 310 g/mol. The van der Waals surface area contributed by atoms with E-state index in [2.05, 4.69) is 19.6 Å². The van der Waals surface area contributed by atoms with Crippen LogP contribution in [0.3, 0.4) is 0 Å². The summed E-state index contributed by atoms with van der Waals surface area (Å²) in [5.41, 5.74) is 1.01. The van der Waals surface area contributed by atoms with Crippen molar-refractivity contribution in [2.24, 2.45) is 0 Å². The van der Waals surface area contributed by atoms with Gasteiger partial charge < -0.3 is 4.42 Å². The molecule has 1 aromatic heterocycles. The van der Waals surface area contributed by atoms with Gasteiger partial charge in [0.15, 0.2) is 0 Å². The quantitative estimate of drug-likeness (QED) is 0.726. The average Bonchev–Trinajstić information content (AvgIpc) is 2.84. The molecule has 0 aliphatic carbocycles. The normalized spacial score (nSPS) is 13.0. The van der Waals surface area contributed by atoms with Crippen LogP contribution in [0.5, 0.6) is 0 Å². The van der Waals surface area contributed by atoms with Crippen LogP contribution in [-0.2, 0) is 6.18 Å². The van der Waals surface area contributed by atoms with Crippen LogP contribution in [0.4, 0.5) is 13.2 Å². The van der Waals surface area contributed by atoms with E-state index >= 15 is 0 Å². The molecule has 1 nitrogen and oxygen atoms in total. The predicted molar refractivity (Wildman–Crippen MR) is 82.1 cm³/mol. The van der Waals surface area contributed by atoms with E-state index in [1.807, 2.05) is 12.1 Å². The van der Waals surface area contributed by atoms with E-state index in [0.717, 1.165) is 28.6 Å². The van der Waals surface area contributed by atoms with Crippen LogP contribution in [0.1, 0.15) is 16.7 Å². The third-order valence-electron chi connectivity index (χ3n) is 3.07. The molecule has 0 saturated heterocycles. The minimum Gasteiger partial charge on any atom is -0.474 e. The molecule has 0 radical (unpaired) electrons. The van der Waals surface area contributed by atoms with E-state index in [-0.39, 0.29) is 0 Å². The highest BCUT2D eigenvalue weighted by Gasteiger charge is 2.29. The highest BCUT2D eigenvalue weighted by atomic mass is 28.3. The molecule has 0 aliphatic heterocycles. The summed E-state index contributed by atoms with van der Waals surface area (Å²) >= 11 is 0. The summed E-state index contributed by atoms with van der Waals surface area (Å²) in [5.74, 6) is 0. The fraction of sp³-hybridized carbons (Fsp3) is 0.250. The zero-order valence-electron chi connectivity index (χ0n) is 12.2. The predicted octanol–water partition coefficient (Wildman–Crippen LogP) is 5.01. The Hall–Kier alpha value is -1.75. The molecule has 112 valence electrons. The topological polar surface area (TPSA) is 13.1 Å². The van der Waals surface area contributed by atoms with Gasteiger partial charge in [-0.05, 0) is 23.8 Å². The van der Waals surface area contributed by atoms with E-state index < -0.39 is 19.8 Å². The fourth-order valence-electron chi connectivity index (χ4n) is 1.81. The van der Waals surface area contributed by atoms with Gasteiger partial charge in [-0.15, -0.1) is 0 Å². The van der Waals surface area contributed by atoms with Crippen molar-refractivity contribution in [3.8, 4) is 0 Å². The van der Waals surface area contributed by atoms with Crippen LogP contribution in [0.2, 0.25) is 19.6 Å². The van der Waals surface area contributed by atoms with Gasteiger partial charge >= 0.3 is 6.18 Å². The second-order valence-corrected chi connectivity index (χ2v) is 10.9. The van der Waals surface area contributed by atoms with Crippen molar-refractivity contribution in [2.75, 3.05) is 0 Å². The Balaban J connectivity index is 2.13. The molecule has 0 unspecified atom stereocenters. The number of furan rings is 1. The van der Waals surface area contributed by atoms with Crippen LogP contribution in [0.15, 0.2) is 41.0 Å². The Morgan fingerprint density at radius 1 is 0.952 bits per heavy atom. The number of halogens is 3. The zero-order chi connectivity index (χ0) is 15.7. The number of benzene rings is 1. The molecule has 1 aromatic carbocycles. The van der Waals surface area contributed by atoms with Crippen molar-refractivity contribution in [2.45, 2.75) is 25.8 Å². The average molecular weight is 310 g/mol. The number of rotatable bonds is 3. The minimum absolute atomic E-state index is 0.635. The van der Waals surface area contributed by atoms with Gasteiger partial charge in [0.2, 0.25) is 0 Å². The van der Waals surface area contributed by atoms with Crippen molar-refractivity contribution < 1.29 is 17.6 Å². The molecule has 0 fully saturated rings. The summed E-state index contributed by atoms with van der Waals surface area (Å²) in [5, 5.41) is 1.01. The Labute approximate surface area is 123 Å². The first-order chi connectivity index (χ1) is 9.66.